The fraction of sp³-hybridized carbons (Fsp3) is 0.562. The number of rotatable bonds is 4. The number of ether oxygens (including phenoxy) is 1. The van der Waals surface area contributed by atoms with E-state index in [2.05, 4.69) is 28.1 Å². The van der Waals surface area contributed by atoms with Gasteiger partial charge in [0, 0.05) is 10.4 Å². The Balaban J connectivity index is 2.22. The fourth-order valence-electron chi connectivity index (χ4n) is 2.99. The molecule has 0 saturated carbocycles. The van der Waals surface area contributed by atoms with E-state index < -0.39 is 11.6 Å². The maximum absolute atomic E-state index is 12.1. The van der Waals surface area contributed by atoms with Crippen LogP contribution in [0.15, 0.2) is 22.7 Å². The second-order valence-electron chi connectivity index (χ2n) is 5.35. The van der Waals surface area contributed by atoms with E-state index >= 15 is 0 Å². The average molecular weight is 341 g/mol. The van der Waals surface area contributed by atoms with Crippen LogP contribution in [0.5, 0.6) is 0 Å². The molecule has 0 fully saturated rings. The SMILES string of the molecule is CCOC(=O)C(O)(CC)C1CCc2cc(Br)ccc2C1. The quantitative estimate of drug-likeness (QED) is 0.855. The van der Waals surface area contributed by atoms with Crippen molar-refractivity contribution in [1.82, 2.24) is 0 Å². The largest absolute Gasteiger partial charge is 0.464 e. The molecule has 1 aliphatic rings. The Hall–Kier alpha value is -0.870. The van der Waals surface area contributed by atoms with E-state index in [-0.39, 0.29) is 5.92 Å². The molecule has 110 valence electrons. The molecule has 2 unspecified atom stereocenters. The van der Waals surface area contributed by atoms with Gasteiger partial charge in [-0.05, 0) is 55.9 Å². The van der Waals surface area contributed by atoms with Gasteiger partial charge in [0.25, 0.3) is 0 Å². The van der Waals surface area contributed by atoms with E-state index in [9.17, 15) is 9.90 Å². The Morgan fingerprint density at radius 3 is 2.85 bits per heavy atom. The Labute approximate surface area is 128 Å². The van der Waals surface area contributed by atoms with E-state index in [0.29, 0.717) is 13.0 Å². The van der Waals surface area contributed by atoms with Crippen molar-refractivity contribution in [2.24, 2.45) is 5.92 Å². The summed E-state index contributed by atoms with van der Waals surface area (Å²) in [4.78, 5) is 12.1. The van der Waals surface area contributed by atoms with Gasteiger partial charge in [-0.3, -0.25) is 0 Å². The number of hydrogen-bond donors (Lipinski definition) is 1. The molecule has 0 spiro atoms. The highest BCUT2D eigenvalue weighted by atomic mass is 79.9. The minimum atomic E-state index is -1.36. The lowest BCUT2D eigenvalue weighted by Gasteiger charge is -2.36. The predicted octanol–water partition coefficient (Wildman–Crippen LogP) is 3.26. The fourth-order valence-corrected chi connectivity index (χ4v) is 3.40. The number of carbonyl (C=O) groups excluding carboxylic acids is 1. The maximum atomic E-state index is 12.1. The molecule has 2 rings (SSSR count). The zero-order valence-corrected chi connectivity index (χ0v) is 13.6. The summed E-state index contributed by atoms with van der Waals surface area (Å²) < 4.78 is 6.14. The summed E-state index contributed by atoms with van der Waals surface area (Å²) in [5.74, 6) is -0.548. The van der Waals surface area contributed by atoms with Crippen molar-refractivity contribution >= 4 is 21.9 Å². The molecule has 4 heteroatoms. The Morgan fingerprint density at radius 1 is 1.45 bits per heavy atom. The molecule has 3 nitrogen and oxygen atoms in total. The zero-order valence-electron chi connectivity index (χ0n) is 12.0. The van der Waals surface area contributed by atoms with Crippen molar-refractivity contribution in [1.29, 1.82) is 0 Å². The van der Waals surface area contributed by atoms with Crippen LogP contribution in [-0.2, 0) is 22.4 Å². The number of halogens is 1. The van der Waals surface area contributed by atoms with Crippen molar-refractivity contribution < 1.29 is 14.6 Å². The number of benzene rings is 1. The molecule has 0 saturated heterocycles. The first kappa shape index (κ1) is 15.5. The highest BCUT2D eigenvalue weighted by molar-refractivity contribution is 9.10. The van der Waals surface area contributed by atoms with Crippen molar-refractivity contribution in [3.8, 4) is 0 Å². The molecule has 0 amide bonds. The van der Waals surface area contributed by atoms with Gasteiger partial charge >= 0.3 is 5.97 Å². The summed E-state index contributed by atoms with van der Waals surface area (Å²) in [6, 6.07) is 6.21. The van der Waals surface area contributed by atoms with Gasteiger partial charge in [-0.15, -0.1) is 0 Å². The summed E-state index contributed by atoms with van der Waals surface area (Å²) in [6.45, 7) is 3.91. The van der Waals surface area contributed by atoms with Crippen molar-refractivity contribution in [2.45, 2.75) is 45.1 Å². The van der Waals surface area contributed by atoms with Gasteiger partial charge in [0.2, 0.25) is 0 Å². The third-order valence-electron chi connectivity index (χ3n) is 4.24. The van der Waals surface area contributed by atoms with Gasteiger partial charge in [0.15, 0.2) is 5.60 Å². The normalized spacial score (nSPS) is 20.9. The summed E-state index contributed by atoms with van der Waals surface area (Å²) in [5, 5.41) is 10.7. The Morgan fingerprint density at radius 2 is 2.20 bits per heavy atom. The van der Waals surface area contributed by atoms with Gasteiger partial charge in [0.1, 0.15) is 0 Å². The van der Waals surface area contributed by atoms with E-state index in [4.69, 9.17) is 4.74 Å². The van der Waals surface area contributed by atoms with Crippen LogP contribution in [0.4, 0.5) is 0 Å². The number of fused-ring (bicyclic) bond motifs is 1. The van der Waals surface area contributed by atoms with Gasteiger partial charge in [0.05, 0.1) is 6.61 Å². The molecule has 20 heavy (non-hydrogen) atoms. The van der Waals surface area contributed by atoms with Gasteiger partial charge in [-0.25, -0.2) is 4.79 Å². The van der Waals surface area contributed by atoms with Crippen LogP contribution in [0, 0.1) is 5.92 Å². The van der Waals surface area contributed by atoms with E-state index in [0.717, 1.165) is 23.7 Å². The second-order valence-corrected chi connectivity index (χ2v) is 6.27. The van der Waals surface area contributed by atoms with Gasteiger partial charge < -0.3 is 9.84 Å². The average Bonchev–Trinajstić information content (AvgIpc) is 2.46. The molecule has 1 aromatic rings. The van der Waals surface area contributed by atoms with Crippen molar-refractivity contribution in [2.75, 3.05) is 6.61 Å². The molecule has 1 aliphatic carbocycles. The van der Waals surface area contributed by atoms with Crippen LogP contribution in [0.25, 0.3) is 0 Å². The molecule has 0 aliphatic heterocycles. The lowest BCUT2D eigenvalue weighted by atomic mass is 9.73. The first-order valence-corrected chi connectivity index (χ1v) is 7.97. The first-order chi connectivity index (χ1) is 9.51. The molecule has 0 heterocycles. The molecule has 0 bridgehead atoms. The van der Waals surface area contributed by atoms with E-state index in [1.165, 1.54) is 11.1 Å². The van der Waals surface area contributed by atoms with Crippen LogP contribution in [0.1, 0.15) is 37.8 Å². The lowest BCUT2D eigenvalue weighted by Crippen LogP contribution is -2.48. The Bertz CT molecular complexity index is 500. The van der Waals surface area contributed by atoms with Gasteiger partial charge in [-0.1, -0.05) is 28.9 Å². The van der Waals surface area contributed by atoms with E-state index in [1.54, 1.807) is 6.92 Å². The smallest absolute Gasteiger partial charge is 0.338 e. The van der Waals surface area contributed by atoms with Crippen molar-refractivity contribution in [3.63, 3.8) is 0 Å². The summed E-state index contributed by atoms with van der Waals surface area (Å²) >= 11 is 3.48. The number of aliphatic hydroxyl groups is 1. The number of aryl methyl sites for hydroxylation is 1. The molecular formula is C16H21BrO3. The van der Waals surface area contributed by atoms with Crippen LogP contribution in [0.2, 0.25) is 0 Å². The maximum Gasteiger partial charge on any atom is 0.338 e. The predicted molar refractivity (Wildman–Crippen MR) is 81.5 cm³/mol. The highest BCUT2D eigenvalue weighted by Crippen LogP contribution is 2.36. The molecule has 0 aromatic heterocycles. The monoisotopic (exact) mass is 340 g/mol. The van der Waals surface area contributed by atoms with Crippen LogP contribution in [0.3, 0.4) is 0 Å². The third-order valence-corrected chi connectivity index (χ3v) is 4.73. The van der Waals surface area contributed by atoms with E-state index in [1.807, 2.05) is 13.0 Å². The third kappa shape index (κ3) is 2.91. The molecule has 2 atom stereocenters. The van der Waals surface area contributed by atoms with Crippen LogP contribution in [-0.4, -0.2) is 23.3 Å². The molecule has 1 aromatic carbocycles. The van der Waals surface area contributed by atoms with Crippen molar-refractivity contribution in [3.05, 3.63) is 33.8 Å². The number of hydrogen-bond acceptors (Lipinski definition) is 3. The number of carbonyl (C=O) groups is 1. The summed E-state index contributed by atoms with van der Waals surface area (Å²) in [5.41, 5.74) is 1.17. The molecular weight excluding hydrogens is 320 g/mol. The first-order valence-electron chi connectivity index (χ1n) is 7.18. The minimum absolute atomic E-state index is 0.0692. The van der Waals surface area contributed by atoms with Crippen LogP contribution < -0.4 is 0 Å². The minimum Gasteiger partial charge on any atom is -0.464 e. The standard InChI is InChI=1S/C16H21BrO3/c1-3-16(19,15(18)20-4-2)13-7-5-12-10-14(17)8-6-11(12)9-13/h6,8,10,13,19H,3-5,7,9H2,1-2H3. The second kappa shape index (κ2) is 6.27. The van der Waals surface area contributed by atoms with Gasteiger partial charge in [-0.2, -0.15) is 0 Å². The number of esters is 1. The lowest BCUT2D eigenvalue weighted by molar-refractivity contribution is -0.172. The topological polar surface area (TPSA) is 46.5 Å². The summed E-state index contributed by atoms with van der Waals surface area (Å²) in [6.07, 6.45) is 2.82. The molecule has 1 N–H and O–H groups in total. The highest BCUT2D eigenvalue weighted by Gasteiger charge is 2.44. The van der Waals surface area contributed by atoms with Crippen LogP contribution >= 0.6 is 15.9 Å². The zero-order chi connectivity index (χ0) is 14.8. The summed E-state index contributed by atoms with van der Waals surface area (Å²) in [7, 11) is 0. The Kier molecular flexibility index (Phi) is 4.86. The molecule has 0 radical (unpaired) electrons.